The fraction of sp³-hybridized carbons (Fsp3) is 0.226. The number of nitrogens with zero attached hydrogens (tertiary/aromatic N) is 1. The second-order valence-corrected chi connectivity index (χ2v) is 11.0. The third kappa shape index (κ3) is 4.15. The number of aryl methyl sites for hydroxylation is 1. The average Bonchev–Trinajstić information content (AvgIpc) is 3.35. The van der Waals surface area contributed by atoms with Crippen LogP contribution in [0.25, 0.3) is 16.7 Å². The second-order valence-electron chi connectivity index (χ2n) is 10.5. The van der Waals surface area contributed by atoms with E-state index in [2.05, 4.69) is 25.8 Å². The van der Waals surface area contributed by atoms with Crippen LogP contribution in [0.3, 0.4) is 0 Å². The molecule has 38 heavy (non-hydrogen) atoms. The van der Waals surface area contributed by atoms with E-state index in [1.54, 1.807) is 30.3 Å². The predicted molar refractivity (Wildman–Crippen MR) is 151 cm³/mol. The van der Waals surface area contributed by atoms with E-state index >= 15 is 0 Å². The monoisotopic (exact) mass is 528 g/mol. The van der Waals surface area contributed by atoms with E-state index in [1.165, 1.54) is 12.0 Å². The molecule has 194 valence electrons. The first kappa shape index (κ1) is 25.6. The number of ketones is 1. The van der Waals surface area contributed by atoms with Crippen LogP contribution in [0, 0.1) is 6.92 Å². The highest BCUT2D eigenvalue weighted by Gasteiger charge is 2.48. The molecule has 1 unspecified atom stereocenters. The van der Waals surface area contributed by atoms with Crippen LogP contribution >= 0.6 is 11.6 Å². The molecule has 1 aliphatic heterocycles. The molecule has 1 fully saturated rings. The molecule has 1 amide bonds. The summed E-state index contributed by atoms with van der Waals surface area (Å²) in [6.07, 6.45) is 0. The van der Waals surface area contributed by atoms with Gasteiger partial charge in [-0.1, -0.05) is 56.6 Å². The Bertz CT molecular complexity index is 1610. The molecule has 4 aromatic rings. The zero-order chi connectivity index (χ0) is 27.4. The number of carbonyl (C=O) groups is 2. The number of H-pyrrole nitrogens is 1. The molecule has 1 aromatic heterocycles. The first-order valence-corrected chi connectivity index (χ1v) is 12.7. The van der Waals surface area contributed by atoms with Crippen LogP contribution in [-0.2, 0) is 15.0 Å². The molecular weight excluding hydrogens is 500 g/mol. The second kappa shape index (κ2) is 9.37. The summed E-state index contributed by atoms with van der Waals surface area (Å²) in [6, 6.07) is 19.1. The van der Waals surface area contributed by atoms with E-state index in [0.717, 1.165) is 27.7 Å². The molecule has 7 heteroatoms. The highest BCUT2D eigenvalue weighted by atomic mass is 35.5. The molecule has 2 heterocycles. The number of aliphatic hydroxyl groups is 1. The highest BCUT2D eigenvalue weighted by Crippen LogP contribution is 2.46. The topological polar surface area (TPSA) is 82.6 Å². The minimum atomic E-state index is -0.879. The number of hydrogen-bond donors (Lipinski definition) is 2. The number of carbonyl (C=O) groups excluding carboxylic acids is 2. The van der Waals surface area contributed by atoms with Crippen molar-refractivity contribution in [2.24, 2.45) is 0 Å². The number of anilines is 1. The lowest BCUT2D eigenvalue weighted by molar-refractivity contribution is -0.132. The normalized spacial score (nSPS) is 17.4. The van der Waals surface area contributed by atoms with Crippen molar-refractivity contribution in [1.29, 1.82) is 0 Å². The summed E-state index contributed by atoms with van der Waals surface area (Å²) in [5.41, 5.74) is 3.99. The number of aromatic amines is 1. The molecule has 6 nitrogen and oxygen atoms in total. The number of aliphatic hydroxyl groups excluding tert-OH is 1. The van der Waals surface area contributed by atoms with Crippen molar-refractivity contribution in [3.8, 4) is 5.75 Å². The van der Waals surface area contributed by atoms with Gasteiger partial charge in [-0.15, -0.1) is 0 Å². The van der Waals surface area contributed by atoms with E-state index in [4.69, 9.17) is 16.3 Å². The number of benzene rings is 3. The van der Waals surface area contributed by atoms with Gasteiger partial charge in [-0.3, -0.25) is 14.5 Å². The largest absolute Gasteiger partial charge is 0.507 e. The van der Waals surface area contributed by atoms with Gasteiger partial charge in [-0.2, -0.15) is 0 Å². The zero-order valence-electron chi connectivity index (χ0n) is 21.9. The van der Waals surface area contributed by atoms with E-state index in [1.807, 2.05) is 43.3 Å². The number of halogens is 1. The number of hydrogen-bond acceptors (Lipinski definition) is 4. The van der Waals surface area contributed by atoms with Crippen molar-refractivity contribution < 1.29 is 19.4 Å². The summed E-state index contributed by atoms with van der Waals surface area (Å²) >= 11 is 6.13. The number of fused-ring (bicyclic) bond motifs is 1. The number of methoxy groups -OCH3 is 1. The quantitative estimate of drug-likeness (QED) is 0.169. The summed E-state index contributed by atoms with van der Waals surface area (Å²) in [6.45, 7) is 8.09. The first-order valence-electron chi connectivity index (χ1n) is 12.4. The minimum Gasteiger partial charge on any atom is -0.507 e. The van der Waals surface area contributed by atoms with Gasteiger partial charge in [0.25, 0.3) is 11.7 Å². The van der Waals surface area contributed by atoms with Crippen molar-refractivity contribution in [2.45, 2.75) is 39.2 Å². The van der Waals surface area contributed by atoms with Crippen LogP contribution in [0.4, 0.5) is 5.69 Å². The Morgan fingerprint density at radius 1 is 1.03 bits per heavy atom. The van der Waals surface area contributed by atoms with Gasteiger partial charge in [0.05, 0.1) is 24.3 Å². The molecule has 1 saturated heterocycles. The van der Waals surface area contributed by atoms with Crippen LogP contribution < -0.4 is 9.64 Å². The molecule has 0 radical (unpaired) electrons. The van der Waals surface area contributed by atoms with Crippen LogP contribution in [0.5, 0.6) is 5.75 Å². The maximum atomic E-state index is 13.7. The summed E-state index contributed by atoms with van der Waals surface area (Å²) in [7, 11) is 1.51. The van der Waals surface area contributed by atoms with Gasteiger partial charge in [-0.05, 0) is 60.4 Å². The van der Waals surface area contributed by atoms with Crippen molar-refractivity contribution in [3.05, 3.63) is 99.7 Å². The van der Waals surface area contributed by atoms with Gasteiger partial charge in [0.2, 0.25) is 0 Å². The van der Waals surface area contributed by atoms with E-state index < -0.39 is 17.7 Å². The van der Waals surface area contributed by atoms with E-state index in [0.29, 0.717) is 22.0 Å². The lowest BCUT2D eigenvalue weighted by Gasteiger charge is -2.26. The summed E-state index contributed by atoms with van der Waals surface area (Å²) in [5.74, 6) is -1.37. The summed E-state index contributed by atoms with van der Waals surface area (Å²) in [5, 5.41) is 13.2. The van der Waals surface area contributed by atoms with Gasteiger partial charge in [0, 0.05) is 32.9 Å². The van der Waals surface area contributed by atoms with Crippen LogP contribution in [0.1, 0.15) is 49.2 Å². The minimum absolute atomic E-state index is 0.00200. The molecule has 2 N–H and O–H groups in total. The molecule has 0 bridgehead atoms. The highest BCUT2D eigenvalue weighted by molar-refractivity contribution is 6.52. The van der Waals surface area contributed by atoms with Crippen molar-refractivity contribution >= 4 is 45.6 Å². The number of ether oxygens (including phenoxy) is 1. The summed E-state index contributed by atoms with van der Waals surface area (Å²) < 4.78 is 5.58. The molecule has 5 rings (SSSR count). The predicted octanol–water partition coefficient (Wildman–Crippen LogP) is 7.06. The van der Waals surface area contributed by atoms with Gasteiger partial charge in [0.15, 0.2) is 0 Å². The molecular formula is C31H29ClN2O4. The number of amides is 1. The fourth-order valence-corrected chi connectivity index (χ4v) is 5.25. The van der Waals surface area contributed by atoms with Gasteiger partial charge < -0.3 is 14.8 Å². The molecule has 1 aliphatic rings. The first-order chi connectivity index (χ1) is 18.0. The Hall–Kier alpha value is -4.03. The van der Waals surface area contributed by atoms with Gasteiger partial charge >= 0.3 is 0 Å². The molecule has 0 aliphatic carbocycles. The van der Waals surface area contributed by atoms with Crippen molar-refractivity contribution in [1.82, 2.24) is 4.98 Å². The van der Waals surface area contributed by atoms with Gasteiger partial charge in [0.1, 0.15) is 11.5 Å². The molecule has 0 saturated carbocycles. The van der Waals surface area contributed by atoms with Crippen molar-refractivity contribution in [2.75, 3.05) is 12.0 Å². The third-order valence-corrected chi connectivity index (χ3v) is 7.34. The number of nitrogens with one attached hydrogen (secondary N) is 1. The number of aromatic nitrogens is 1. The SMILES string of the molecule is COc1ccc(C(C)(C)C)cc1/C(O)=C1\C(=O)C(=O)N(c2ccc(Cl)cc2)C1c1c(C)[nH]c2ccccc12. The molecule has 0 spiro atoms. The van der Waals surface area contributed by atoms with Crippen molar-refractivity contribution in [3.63, 3.8) is 0 Å². The van der Waals surface area contributed by atoms with E-state index in [-0.39, 0.29) is 16.7 Å². The number of rotatable bonds is 4. The lowest BCUT2D eigenvalue weighted by Crippen LogP contribution is -2.29. The van der Waals surface area contributed by atoms with Crippen LogP contribution in [0.15, 0.2) is 72.3 Å². The zero-order valence-corrected chi connectivity index (χ0v) is 22.7. The maximum absolute atomic E-state index is 13.7. The molecule has 1 atom stereocenters. The number of Topliss-reactive ketones (excluding diaryl/α,β-unsaturated/α-hetero) is 1. The fourth-order valence-electron chi connectivity index (χ4n) is 5.13. The van der Waals surface area contributed by atoms with Crippen LogP contribution in [-0.4, -0.2) is 28.9 Å². The number of para-hydroxylation sites is 1. The summed E-state index contributed by atoms with van der Waals surface area (Å²) in [4.78, 5) is 32.1. The van der Waals surface area contributed by atoms with Crippen LogP contribution in [0.2, 0.25) is 5.02 Å². The Labute approximate surface area is 226 Å². The molecule has 3 aromatic carbocycles. The maximum Gasteiger partial charge on any atom is 0.300 e. The Morgan fingerprint density at radius 3 is 2.37 bits per heavy atom. The third-order valence-electron chi connectivity index (χ3n) is 7.09. The van der Waals surface area contributed by atoms with E-state index in [9.17, 15) is 14.7 Å². The Kier molecular flexibility index (Phi) is 6.32. The van der Waals surface area contributed by atoms with Gasteiger partial charge in [-0.25, -0.2) is 0 Å². The average molecular weight is 529 g/mol. The standard InChI is InChI=1S/C31H29ClN2O4/c1-17-25(21-8-6-7-9-23(21)33-17)27-26(29(36)30(37)34(27)20-13-11-19(32)12-14-20)28(35)22-16-18(31(2,3)4)10-15-24(22)38-5/h6-16,27,33,35H,1-5H3/b28-26+. The Morgan fingerprint density at radius 2 is 1.71 bits per heavy atom. The smallest absolute Gasteiger partial charge is 0.300 e. The lowest BCUT2D eigenvalue weighted by atomic mass is 9.85. The Balaban J connectivity index is 1.83.